The summed E-state index contributed by atoms with van der Waals surface area (Å²) in [6.45, 7) is 7.91. The van der Waals surface area contributed by atoms with Crippen LogP contribution in [0.15, 0.2) is 34.2 Å². The van der Waals surface area contributed by atoms with E-state index in [0.29, 0.717) is 22.0 Å². The first-order chi connectivity index (χ1) is 13.3. The third-order valence-corrected chi connectivity index (χ3v) is 6.58. The maximum Gasteiger partial charge on any atom is 0.263 e. The maximum absolute atomic E-state index is 13.0. The molecule has 1 atom stereocenters. The minimum atomic E-state index is -0.755. The van der Waals surface area contributed by atoms with Gasteiger partial charge in [0, 0.05) is 16.7 Å². The second kappa shape index (κ2) is 8.63. The van der Waals surface area contributed by atoms with E-state index >= 15 is 0 Å². The van der Waals surface area contributed by atoms with E-state index in [-0.39, 0.29) is 24.0 Å². The van der Waals surface area contributed by atoms with Crippen LogP contribution in [0, 0.1) is 19.7 Å². The summed E-state index contributed by atoms with van der Waals surface area (Å²) >= 11 is 2.85. The van der Waals surface area contributed by atoms with Gasteiger partial charge in [0.25, 0.3) is 5.56 Å². The molecule has 2 aromatic heterocycles. The number of thioether (sulfide) groups is 1. The molecule has 0 aliphatic heterocycles. The van der Waals surface area contributed by atoms with Gasteiger partial charge >= 0.3 is 0 Å². The zero-order valence-corrected chi connectivity index (χ0v) is 17.9. The topological polar surface area (TPSA) is 64.4 Å². The molecule has 8 heteroatoms. The number of nitrogens with zero attached hydrogens (tertiary/aromatic N) is 2. The van der Waals surface area contributed by atoms with E-state index in [1.165, 1.54) is 47.4 Å². The number of aromatic nitrogens is 2. The Morgan fingerprint density at radius 3 is 2.61 bits per heavy atom. The first kappa shape index (κ1) is 20.8. The molecule has 1 N–H and O–H groups in total. The molecule has 0 aliphatic rings. The Hall–Kier alpha value is -1.90. The largest absolute Gasteiger partial charge is 0.491 e. The lowest BCUT2D eigenvalue weighted by molar-refractivity contribution is 0.126. The van der Waals surface area contributed by atoms with Gasteiger partial charge in [-0.2, -0.15) is 0 Å². The minimum absolute atomic E-state index is 0.0404. The van der Waals surface area contributed by atoms with Gasteiger partial charge < -0.3 is 9.84 Å². The molecule has 150 valence electrons. The maximum atomic E-state index is 13.0. The van der Waals surface area contributed by atoms with Crippen molar-refractivity contribution in [3.8, 4) is 5.75 Å². The molecule has 1 aromatic carbocycles. The van der Waals surface area contributed by atoms with Crippen molar-refractivity contribution in [2.24, 2.45) is 0 Å². The fourth-order valence-corrected chi connectivity index (χ4v) is 4.89. The molecule has 5 nitrogen and oxygen atoms in total. The number of hydrogen-bond acceptors (Lipinski definition) is 6. The highest BCUT2D eigenvalue weighted by atomic mass is 32.2. The van der Waals surface area contributed by atoms with Crippen molar-refractivity contribution in [1.82, 2.24) is 9.55 Å². The molecule has 0 fully saturated rings. The average molecular weight is 423 g/mol. The van der Waals surface area contributed by atoms with Gasteiger partial charge in [-0.05, 0) is 57.5 Å². The second-order valence-electron chi connectivity index (χ2n) is 6.86. The number of rotatable bonds is 7. The summed E-state index contributed by atoms with van der Waals surface area (Å²) in [5.74, 6) is 0.485. The Morgan fingerprint density at radius 1 is 1.29 bits per heavy atom. The van der Waals surface area contributed by atoms with E-state index in [1.54, 1.807) is 4.57 Å². The summed E-state index contributed by atoms with van der Waals surface area (Å²) in [7, 11) is 0. The Kier molecular flexibility index (Phi) is 6.42. The van der Waals surface area contributed by atoms with Crippen molar-refractivity contribution in [2.75, 3.05) is 12.4 Å². The molecule has 0 unspecified atom stereocenters. The second-order valence-corrected chi connectivity index (χ2v) is 9.05. The first-order valence-electron chi connectivity index (χ1n) is 8.99. The number of ether oxygens (including phenoxy) is 1. The summed E-state index contributed by atoms with van der Waals surface area (Å²) in [5, 5.41) is 11.5. The first-order valence-corrected chi connectivity index (χ1v) is 10.8. The molecule has 2 heterocycles. The molecule has 0 saturated carbocycles. The van der Waals surface area contributed by atoms with E-state index in [1.807, 2.05) is 27.7 Å². The summed E-state index contributed by atoms with van der Waals surface area (Å²) in [4.78, 5) is 19.5. The summed E-state index contributed by atoms with van der Waals surface area (Å²) in [6.07, 6.45) is -0.755. The highest BCUT2D eigenvalue weighted by Crippen LogP contribution is 2.29. The molecule has 3 rings (SSSR count). The van der Waals surface area contributed by atoms with Crippen LogP contribution in [0.5, 0.6) is 5.75 Å². The van der Waals surface area contributed by atoms with Crippen molar-refractivity contribution in [1.29, 1.82) is 0 Å². The zero-order chi connectivity index (χ0) is 20.4. The monoisotopic (exact) mass is 422 g/mol. The van der Waals surface area contributed by atoms with Crippen LogP contribution in [0.25, 0.3) is 10.2 Å². The number of aryl methyl sites for hydroxylation is 2. The Morgan fingerprint density at radius 2 is 1.96 bits per heavy atom. The Balaban J connectivity index is 1.75. The zero-order valence-electron chi connectivity index (χ0n) is 16.2. The molecular weight excluding hydrogens is 399 g/mol. The van der Waals surface area contributed by atoms with Crippen LogP contribution >= 0.6 is 23.1 Å². The number of fused-ring (bicyclic) bond motifs is 1. The normalized spacial score (nSPS) is 12.7. The van der Waals surface area contributed by atoms with Gasteiger partial charge in [0.05, 0.1) is 11.5 Å². The predicted molar refractivity (Wildman–Crippen MR) is 112 cm³/mol. The van der Waals surface area contributed by atoms with Gasteiger partial charge in [-0.15, -0.1) is 11.3 Å². The molecule has 0 amide bonds. The lowest BCUT2D eigenvalue weighted by Gasteiger charge is -2.17. The number of thiophene rings is 1. The number of halogens is 1. The van der Waals surface area contributed by atoms with Gasteiger partial charge in [-0.25, -0.2) is 9.37 Å². The summed E-state index contributed by atoms with van der Waals surface area (Å²) < 4.78 is 20.1. The fraction of sp³-hybridized carbons (Fsp3) is 0.400. The quantitative estimate of drug-likeness (QED) is 0.454. The summed E-state index contributed by atoms with van der Waals surface area (Å²) in [5.41, 5.74) is 0.942. The third kappa shape index (κ3) is 4.39. The fourth-order valence-electron chi connectivity index (χ4n) is 2.79. The summed E-state index contributed by atoms with van der Waals surface area (Å²) in [6, 6.07) is 5.61. The van der Waals surface area contributed by atoms with Gasteiger partial charge in [0.15, 0.2) is 5.16 Å². The number of aliphatic hydroxyl groups is 1. The van der Waals surface area contributed by atoms with Crippen LogP contribution in [0.2, 0.25) is 0 Å². The van der Waals surface area contributed by atoms with Crippen molar-refractivity contribution in [3.05, 3.63) is 50.9 Å². The lowest BCUT2D eigenvalue weighted by atomic mass is 10.2. The van der Waals surface area contributed by atoms with Gasteiger partial charge in [0.2, 0.25) is 0 Å². The van der Waals surface area contributed by atoms with E-state index in [2.05, 4.69) is 4.98 Å². The number of hydrogen-bond donors (Lipinski definition) is 1. The van der Waals surface area contributed by atoms with Crippen molar-refractivity contribution < 1.29 is 14.2 Å². The smallest absolute Gasteiger partial charge is 0.263 e. The van der Waals surface area contributed by atoms with Crippen LogP contribution in [0.1, 0.15) is 30.3 Å². The molecular formula is C20H23FN2O3S2. The standard InChI is InChI=1S/C20H23FN2O3S2/c1-11(2)23-19(25)17-12(3)13(4)28-18(17)22-20(23)27-10-15(24)9-26-16-7-5-14(21)6-8-16/h5-8,11,15,24H,9-10H2,1-4H3/t15-/m1/s1. The molecule has 0 saturated heterocycles. The SMILES string of the molecule is Cc1sc2nc(SC[C@H](O)COc3ccc(F)cc3)n(C(C)C)c(=O)c2c1C. The molecule has 0 spiro atoms. The van der Waals surface area contributed by atoms with E-state index < -0.39 is 6.10 Å². The lowest BCUT2D eigenvalue weighted by Crippen LogP contribution is -2.26. The Labute approximate surface area is 171 Å². The molecule has 28 heavy (non-hydrogen) atoms. The van der Waals surface area contributed by atoms with E-state index in [9.17, 15) is 14.3 Å². The van der Waals surface area contributed by atoms with E-state index in [0.717, 1.165) is 15.3 Å². The molecule has 3 aromatic rings. The third-order valence-electron chi connectivity index (χ3n) is 4.38. The van der Waals surface area contributed by atoms with Crippen molar-refractivity contribution >= 4 is 33.3 Å². The molecule has 0 aliphatic carbocycles. The van der Waals surface area contributed by atoms with Crippen molar-refractivity contribution in [2.45, 2.75) is 45.0 Å². The number of benzene rings is 1. The van der Waals surface area contributed by atoms with Gasteiger partial charge in [-0.1, -0.05) is 11.8 Å². The van der Waals surface area contributed by atoms with Gasteiger partial charge in [0.1, 0.15) is 23.0 Å². The van der Waals surface area contributed by atoms with Crippen LogP contribution in [0.4, 0.5) is 4.39 Å². The van der Waals surface area contributed by atoms with E-state index in [4.69, 9.17) is 4.74 Å². The highest BCUT2D eigenvalue weighted by Gasteiger charge is 2.19. The van der Waals surface area contributed by atoms with Crippen LogP contribution in [-0.4, -0.2) is 33.1 Å². The average Bonchev–Trinajstić information content (AvgIpc) is 2.93. The number of aliphatic hydroxyl groups excluding tert-OH is 1. The van der Waals surface area contributed by atoms with Crippen LogP contribution < -0.4 is 10.3 Å². The predicted octanol–water partition coefficient (Wildman–Crippen LogP) is 4.33. The highest BCUT2D eigenvalue weighted by molar-refractivity contribution is 7.99. The van der Waals surface area contributed by atoms with Crippen molar-refractivity contribution in [3.63, 3.8) is 0 Å². The van der Waals surface area contributed by atoms with Crippen LogP contribution in [0.3, 0.4) is 0 Å². The van der Waals surface area contributed by atoms with Gasteiger partial charge in [-0.3, -0.25) is 9.36 Å². The molecule has 0 bridgehead atoms. The minimum Gasteiger partial charge on any atom is -0.491 e. The molecule has 0 radical (unpaired) electrons. The van der Waals surface area contributed by atoms with Crippen LogP contribution in [-0.2, 0) is 0 Å². The Bertz CT molecular complexity index is 1030.